The standard InChI is InChI=1S/C19H27N/c1-16(2)8-6-14-20-15-7-9-18-11-13-19(4,5)12-10-17(18)3/h6-14,16H,15H2,1-5H3/b8-6-,9-7-,20-14?. The fourth-order valence-corrected chi connectivity index (χ4v) is 1.75. The highest BCUT2D eigenvalue weighted by atomic mass is 14.7. The Morgan fingerprint density at radius 3 is 2.60 bits per heavy atom. The van der Waals surface area contributed by atoms with Crippen molar-refractivity contribution in [3.8, 4) is 0 Å². The summed E-state index contributed by atoms with van der Waals surface area (Å²) in [5.74, 6) is 0.580. The molecule has 1 heteroatoms. The molecule has 0 heterocycles. The Morgan fingerprint density at radius 1 is 1.20 bits per heavy atom. The molecule has 1 rings (SSSR count). The van der Waals surface area contributed by atoms with Crippen LogP contribution in [0.1, 0.15) is 34.6 Å². The Morgan fingerprint density at radius 2 is 1.90 bits per heavy atom. The highest BCUT2D eigenvalue weighted by molar-refractivity contribution is 5.71. The van der Waals surface area contributed by atoms with Crippen LogP contribution < -0.4 is 0 Å². The van der Waals surface area contributed by atoms with Gasteiger partial charge in [0, 0.05) is 11.6 Å². The minimum Gasteiger partial charge on any atom is -0.289 e. The zero-order chi connectivity index (χ0) is 15.0. The maximum atomic E-state index is 4.34. The monoisotopic (exact) mass is 269 g/mol. The van der Waals surface area contributed by atoms with Gasteiger partial charge in [0.25, 0.3) is 0 Å². The van der Waals surface area contributed by atoms with Gasteiger partial charge in [0.05, 0.1) is 6.54 Å². The van der Waals surface area contributed by atoms with E-state index in [1.165, 1.54) is 11.1 Å². The summed E-state index contributed by atoms with van der Waals surface area (Å²) in [5, 5.41) is 0. The summed E-state index contributed by atoms with van der Waals surface area (Å²) in [5.41, 5.74) is 2.70. The molecule has 1 aliphatic carbocycles. The molecule has 0 bridgehead atoms. The third kappa shape index (κ3) is 6.51. The van der Waals surface area contributed by atoms with Gasteiger partial charge in [-0.3, -0.25) is 4.99 Å². The van der Waals surface area contributed by atoms with E-state index in [0.717, 1.165) is 6.54 Å². The predicted octanol–water partition coefficient (Wildman–Crippen LogP) is 5.29. The van der Waals surface area contributed by atoms with E-state index in [2.05, 4.69) is 82.1 Å². The number of nitrogens with zero attached hydrogens (tertiary/aromatic N) is 1. The minimum atomic E-state index is 0.136. The molecule has 0 spiro atoms. The Bertz CT molecular complexity index is 480. The molecule has 0 saturated carbocycles. The van der Waals surface area contributed by atoms with Crippen molar-refractivity contribution in [1.82, 2.24) is 0 Å². The summed E-state index contributed by atoms with van der Waals surface area (Å²) in [6.07, 6.45) is 19.2. The molecule has 0 radical (unpaired) electrons. The largest absolute Gasteiger partial charge is 0.289 e. The molecule has 108 valence electrons. The third-order valence-corrected chi connectivity index (χ3v) is 3.11. The molecule has 0 N–H and O–H groups in total. The molecular weight excluding hydrogens is 242 g/mol. The summed E-state index contributed by atoms with van der Waals surface area (Å²) >= 11 is 0. The molecule has 0 atom stereocenters. The van der Waals surface area contributed by atoms with Crippen LogP contribution in [-0.4, -0.2) is 12.8 Å². The summed E-state index contributed by atoms with van der Waals surface area (Å²) < 4.78 is 0. The zero-order valence-corrected chi connectivity index (χ0v) is 13.4. The predicted molar refractivity (Wildman–Crippen MR) is 91.2 cm³/mol. The van der Waals surface area contributed by atoms with Crippen molar-refractivity contribution in [2.45, 2.75) is 34.6 Å². The van der Waals surface area contributed by atoms with Crippen molar-refractivity contribution in [2.75, 3.05) is 6.54 Å². The van der Waals surface area contributed by atoms with Gasteiger partial charge in [-0.05, 0) is 30.1 Å². The van der Waals surface area contributed by atoms with Crippen LogP contribution in [0.25, 0.3) is 0 Å². The molecule has 0 unspecified atom stereocenters. The van der Waals surface area contributed by atoms with E-state index in [1.54, 1.807) is 0 Å². The number of allylic oxidation sites excluding steroid dienone is 9. The third-order valence-electron chi connectivity index (χ3n) is 3.11. The van der Waals surface area contributed by atoms with E-state index in [-0.39, 0.29) is 5.41 Å². The maximum Gasteiger partial charge on any atom is 0.0573 e. The lowest BCUT2D eigenvalue weighted by atomic mass is 9.93. The van der Waals surface area contributed by atoms with Gasteiger partial charge in [-0.25, -0.2) is 0 Å². The topological polar surface area (TPSA) is 12.4 Å². The molecule has 0 aromatic carbocycles. The lowest BCUT2D eigenvalue weighted by molar-refractivity contribution is 0.627. The van der Waals surface area contributed by atoms with E-state index >= 15 is 0 Å². The van der Waals surface area contributed by atoms with Crippen LogP contribution in [0.3, 0.4) is 0 Å². The highest BCUT2D eigenvalue weighted by Gasteiger charge is 2.11. The lowest BCUT2D eigenvalue weighted by Crippen LogP contribution is -2.00. The molecule has 0 aromatic rings. The van der Waals surface area contributed by atoms with Crippen LogP contribution in [0.4, 0.5) is 0 Å². The summed E-state index contributed by atoms with van der Waals surface area (Å²) in [7, 11) is 0. The second kappa shape index (κ2) is 7.84. The molecule has 0 aliphatic heterocycles. The average molecular weight is 269 g/mol. The van der Waals surface area contributed by atoms with Crippen LogP contribution in [0, 0.1) is 11.3 Å². The minimum absolute atomic E-state index is 0.136. The Kier molecular flexibility index (Phi) is 6.44. The summed E-state index contributed by atoms with van der Waals surface area (Å²) in [6.45, 7) is 11.6. The van der Waals surface area contributed by atoms with Gasteiger partial charge in [-0.1, -0.05) is 70.2 Å². The molecule has 0 fully saturated rings. The van der Waals surface area contributed by atoms with E-state index in [1.807, 2.05) is 12.3 Å². The molecule has 20 heavy (non-hydrogen) atoms. The second-order valence-electron chi connectivity index (χ2n) is 6.17. The highest BCUT2D eigenvalue weighted by Crippen LogP contribution is 2.25. The lowest BCUT2D eigenvalue weighted by Gasteiger charge is -2.12. The summed E-state index contributed by atoms with van der Waals surface area (Å²) in [6, 6.07) is 0. The van der Waals surface area contributed by atoms with E-state index in [9.17, 15) is 0 Å². The number of hydrogen-bond donors (Lipinski definition) is 0. The van der Waals surface area contributed by atoms with Crippen molar-refractivity contribution < 1.29 is 0 Å². The fraction of sp³-hybridized carbons (Fsp3) is 0.421. The van der Waals surface area contributed by atoms with Gasteiger partial charge in [0.1, 0.15) is 0 Å². The SMILES string of the molecule is CC1=C(/C=C\CN=C/C=C\C(C)C)C=CC(C)(C)C=C1. The fourth-order valence-electron chi connectivity index (χ4n) is 1.75. The number of aliphatic imine (C=N–C) groups is 1. The Hall–Kier alpha value is -1.63. The Labute approximate surface area is 124 Å². The van der Waals surface area contributed by atoms with Gasteiger partial charge in [0.2, 0.25) is 0 Å². The van der Waals surface area contributed by atoms with Crippen LogP contribution in [0.2, 0.25) is 0 Å². The number of rotatable bonds is 5. The second-order valence-corrected chi connectivity index (χ2v) is 6.17. The van der Waals surface area contributed by atoms with Crippen molar-refractivity contribution >= 4 is 6.21 Å². The molecule has 0 amide bonds. The smallest absolute Gasteiger partial charge is 0.0573 e. The Balaban J connectivity index is 2.56. The van der Waals surface area contributed by atoms with Crippen LogP contribution in [0.5, 0.6) is 0 Å². The maximum absolute atomic E-state index is 4.34. The van der Waals surface area contributed by atoms with Crippen LogP contribution in [-0.2, 0) is 0 Å². The molecule has 0 aromatic heterocycles. The van der Waals surface area contributed by atoms with E-state index in [4.69, 9.17) is 0 Å². The first-order valence-corrected chi connectivity index (χ1v) is 7.33. The quantitative estimate of drug-likeness (QED) is 0.601. The average Bonchev–Trinajstić information content (AvgIpc) is 2.49. The molecule has 0 saturated heterocycles. The van der Waals surface area contributed by atoms with E-state index < -0.39 is 0 Å². The van der Waals surface area contributed by atoms with Crippen molar-refractivity contribution in [3.05, 3.63) is 59.8 Å². The van der Waals surface area contributed by atoms with Gasteiger partial charge in [-0.2, -0.15) is 0 Å². The van der Waals surface area contributed by atoms with E-state index in [0.29, 0.717) is 5.92 Å². The zero-order valence-electron chi connectivity index (χ0n) is 13.4. The van der Waals surface area contributed by atoms with Gasteiger partial charge in [0.15, 0.2) is 0 Å². The van der Waals surface area contributed by atoms with Gasteiger partial charge >= 0.3 is 0 Å². The summed E-state index contributed by atoms with van der Waals surface area (Å²) in [4.78, 5) is 4.34. The van der Waals surface area contributed by atoms with Crippen LogP contribution >= 0.6 is 0 Å². The first-order chi connectivity index (χ1) is 9.41. The van der Waals surface area contributed by atoms with Crippen molar-refractivity contribution in [2.24, 2.45) is 16.3 Å². The van der Waals surface area contributed by atoms with Crippen molar-refractivity contribution in [3.63, 3.8) is 0 Å². The van der Waals surface area contributed by atoms with Crippen LogP contribution in [0.15, 0.2) is 64.7 Å². The normalized spacial score (nSPS) is 19.1. The van der Waals surface area contributed by atoms with Crippen molar-refractivity contribution in [1.29, 1.82) is 0 Å². The molecular formula is C19H27N. The molecule has 1 nitrogen and oxygen atoms in total. The molecule has 1 aliphatic rings. The van der Waals surface area contributed by atoms with Gasteiger partial charge < -0.3 is 0 Å². The first kappa shape index (κ1) is 16.4. The van der Waals surface area contributed by atoms with Gasteiger partial charge in [-0.15, -0.1) is 0 Å². The number of hydrogen-bond acceptors (Lipinski definition) is 1. The first-order valence-electron chi connectivity index (χ1n) is 7.33.